The van der Waals surface area contributed by atoms with Crippen molar-refractivity contribution in [1.82, 2.24) is 15.1 Å². The lowest BCUT2D eigenvalue weighted by atomic mass is 10.1. The standard InChI is InChI=1S/C14H18N4O3S/c1-10-13(8-17-18(10)2)14(19)16-7-11-3-5-12(6-4-11)9-22(15,20)21/h3-6,8H,7,9H2,1-2H3,(H,16,19)(H2,15,20,21). The second-order valence-electron chi connectivity index (χ2n) is 5.07. The van der Waals surface area contributed by atoms with E-state index in [0.29, 0.717) is 17.7 Å². The van der Waals surface area contributed by atoms with Crippen LogP contribution in [-0.2, 0) is 29.4 Å². The first kappa shape index (κ1) is 16.2. The summed E-state index contributed by atoms with van der Waals surface area (Å²) >= 11 is 0. The van der Waals surface area contributed by atoms with Gasteiger partial charge in [-0.15, -0.1) is 0 Å². The zero-order valence-corrected chi connectivity index (χ0v) is 13.2. The molecule has 0 aliphatic carbocycles. The number of aromatic nitrogens is 2. The van der Waals surface area contributed by atoms with Gasteiger partial charge in [-0.1, -0.05) is 24.3 Å². The molecule has 2 aromatic rings. The van der Waals surface area contributed by atoms with E-state index in [0.717, 1.165) is 11.3 Å². The fraction of sp³-hybridized carbons (Fsp3) is 0.286. The Morgan fingerprint density at radius 3 is 2.36 bits per heavy atom. The predicted octanol–water partition coefficient (Wildman–Crippen LogP) is 0.447. The fourth-order valence-corrected chi connectivity index (χ4v) is 2.64. The molecule has 7 nitrogen and oxygen atoms in total. The van der Waals surface area contributed by atoms with Gasteiger partial charge in [0, 0.05) is 19.3 Å². The van der Waals surface area contributed by atoms with Gasteiger partial charge in [0.05, 0.1) is 17.5 Å². The van der Waals surface area contributed by atoms with Crippen LogP contribution >= 0.6 is 0 Å². The molecule has 0 radical (unpaired) electrons. The van der Waals surface area contributed by atoms with Gasteiger partial charge in [-0.2, -0.15) is 5.10 Å². The zero-order valence-electron chi connectivity index (χ0n) is 12.4. The smallest absolute Gasteiger partial charge is 0.255 e. The first-order valence-corrected chi connectivity index (χ1v) is 8.33. The Morgan fingerprint density at radius 1 is 1.27 bits per heavy atom. The van der Waals surface area contributed by atoms with E-state index in [1.165, 1.54) is 6.20 Å². The summed E-state index contributed by atoms with van der Waals surface area (Å²) < 4.78 is 23.6. The van der Waals surface area contributed by atoms with Crippen LogP contribution in [0.2, 0.25) is 0 Å². The molecular formula is C14H18N4O3S. The average Bonchev–Trinajstić information content (AvgIpc) is 2.76. The number of carbonyl (C=O) groups is 1. The highest BCUT2D eigenvalue weighted by Gasteiger charge is 2.12. The van der Waals surface area contributed by atoms with Gasteiger partial charge < -0.3 is 5.32 Å². The molecule has 8 heteroatoms. The van der Waals surface area contributed by atoms with Crippen LogP contribution in [0.25, 0.3) is 0 Å². The number of nitrogens with zero attached hydrogens (tertiary/aromatic N) is 2. The molecule has 0 aliphatic heterocycles. The van der Waals surface area contributed by atoms with E-state index in [1.807, 2.05) is 6.92 Å². The van der Waals surface area contributed by atoms with Crippen LogP contribution in [0.4, 0.5) is 0 Å². The summed E-state index contributed by atoms with van der Waals surface area (Å²) in [6, 6.07) is 6.89. The van der Waals surface area contributed by atoms with Gasteiger partial charge in [0.1, 0.15) is 0 Å². The number of sulfonamides is 1. The number of nitrogens with two attached hydrogens (primary N) is 1. The van der Waals surface area contributed by atoms with E-state index in [-0.39, 0.29) is 11.7 Å². The molecule has 0 saturated heterocycles. The van der Waals surface area contributed by atoms with Crippen molar-refractivity contribution in [3.8, 4) is 0 Å². The molecule has 0 spiro atoms. The molecule has 3 N–H and O–H groups in total. The summed E-state index contributed by atoms with van der Waals surface area (Å²) in [5, 5.41) is 11.8. The number of carbonyl (C=O) groups excluding carboxylic acids is 1. The van der Waals surface area contributed by atoms with Crippen LogP contribution in [0.5, 0.6) is 0 Å². The van der Waals surface area contributed by atoms with Crippen molar-refractivity contribution >= 4 is 15.9 Å². The van der Waals surface area contributed by atoms with E-state index in [4.69, 9.17) is 5.14 Å². The molecular weight excluding hydrogens is 304 g/mol. The molecule has 22 heavy (non-hydrogen) atoms. The maximum atomic E-state index is 12.0. The Balaban J connectivity index is 1.97. The van der Waals surface area contributed by atoms with Crippen LogP contribution in [0.15, 0.2) is 30.5 Å². The highest BCUT2D eigenvalue weighted by molar-refractivity contribution is 7.88. The Labute approximate surface area is 129 Å². The first-order valence-electron chi connectivity index (χ1n) is 6.61. The van der Waals surface area contributed by atoms with Gasteiger partial charge in [0.15, 0.2) is 0 Å². The summed E-state index contributed by atoms with van der Waals surface area (Å²) in [4.78, 5) is 12.0. The lowest BCUT2D eigenvalue weighted by Crippen LogP contribution is -2.23. The molecule has 0 aliphatic rings. The lowest BCUT2D eigenvalue weighted by molar-refractivity contribution is 0.0950. The minimum Gasteiger partial charge on any atom is -0.348 e. The molecule has 0 atom stereocenters. The van der Waals surface area contributed by atoms with Crippen LogP contribution in [0, 0.1) is 6.92 Å². The molecule has 2 rings (SSSR count). The first-order chi connectivity index (χ1) is 10.3. The van der Waals surface area contributed by atoms with Crippen molar-refractivity contribution in [1.29, 1.82) is 0 Å². The van der Waals surface area contributed by atoms with Crippen molar-refractivity contribution < 1.29 is 13.2 Å². The maximum absolute atomic E-state index is 12.0. The zero-order chi connectivity index (χ0) is 16.3. The maximum Gasteiger partial charge on any atom is 0.255 e. The number of amides is 1. The number of primary sulfonamides is 1. The summed E-state index contributed by atoms with van der Waals surface area (Å²) in [6.07, 6.45) is 1.53. The molecule has 1 aromatic heterocycles. The van der Waals surface area contributed by atoms with Crippen molar-refractivity contribution in [2.24, 2.45) is 12.2 Å². The van der Waals surface area contributed by atoms with Crippen molar-refractivity contribution in [3.05, 3.63) is 52.8 Å². The summed E-state index contributed by atoms with van der Waals surface area (Å²) in [5.74, 6) is -0.395. The Morgan fingerprint density at radius 2 is 1.86 bits per heavy atom. The van der Waals surface area contributed by atoms with Crippen LogP contribution in [-0.4, -0.2) is 24.1 Å². The Hall–Kier alpha value is -2.19. The average molecular weight is 322 g/mol. The second-order valence-corrected chi connectivity index (χ2v) is 6.69. The van der Waals surface area contributed by atoms with Gasteiger partial charge in [0.25, 0.3) is 5.91 Å². The van der Waals surface area contributed by atoms with Crippen LogP contribution in [0.1, 0.15) is 27.2 Å². The van der Waals surface area contributed by atoms with E-state index >= 15 is 0 Å². The van der Waals surface area contributed by atoms with Gasteiger partial charge in [-0.3, -0.25) is 9.48 Å². The number of hydrogen-bond acceptors (Lipinski definition) is 4. The number of rotatable bonds is 5. The van der Waals surface area contributed by atoms with Gasteiger partial charge in [-0.05, 0) is 18.1 Å². The monoisotopic (exact) mass is 322 g/mol. The van der Waals surface area contributed by atoms with E-state index in [2.05, 4.69) is 10.4 Å². The van der Waals surface area contributed by atoms with E-state index < -0.39 is 10.0 Å². The summed E-state index contributed by atoms with van der Waals surface area (Å²) in [5.41, 5.74) is 2.81. The molecule has 0 fully saturated rings. The molecule has 0 unspecified atom stereocenters. The highest BCUT2D eigenvalue weighted by atomic mass is 32.2. The summed E-state index contributed by atoms with van der Waals surface area (Å²) in [7, 11) is -1.76. The van der Waals surface area contributed by atoms with Crippen molar-refractivity contribution in [3.63, 3.8) is 0 Å². The third-order valence-corrected chi connectivity index (χ3v) is 4.06. The molecule has 118 valence electrons. The fourth-order valence-electron chi connectivity index (χ4n) is 1.98. The Bertz CT molecular complexity index is 779. The van der Waals surface area contributed by atoms with Gasteiger partial charge >= 0.3 is 0 Å². The lowest BCUT2D eigenvalue weighted by Gasteiger charge is -2.06. The van der Waals surface area contributed by atoms with E-state index in [9.17, 15) is 13.2 Å². The molecule has 0 saturated carbocycles. The highest BCUT2D eigenvalue weighted by Crippen LogP contribution is 2.08. The van der Waals surface area contributed by atoms with Crippen molar-refractivity contribution in [2.45, 2.75) is 19.2 Å². The number of benzene rings is 1. The third-order valence-electron chi connectivity index (χ3n) is 3.32. The van der Waals surface area contributed by atoms with Crippen LogP contribution < -0.4 is 10.5 Å². The quantitative estimate of drug-likeness (QED) is 0.833. The molecule has 0 bridgehead atoms. The van der Waals surface area contributed by atoms with E-state index in [1.54, 1.807) is 36.0 Å². The molecule has 1 heterocycles. The number of nitrogens with one attached hydrogen (secondary N) is 1. The largest absolute Gasteiger partial charge is 0.348 e. The minimum absolute atomic E-state index is 0.195. The predicted molar refractivity (Wildman–Crippen MR) is 82.4 cm³/mol. The SMILES string of the molecule is Cc1c(C(=O)NCc2ccc(CS(N)(=O)=O)cc2)cnn1C. The Kier molecular flexibility index (Phi) is 4.62. The third kappa shape index (κ3) is 4.15. The summed E-state index contributed by atoms with van der Waals surface area (Å²) in [6.45, 7) is 2.17. The minimum atomic E-state index is -3.53. The normalized spacial score (nSPS) is 11.4. The van der Waals surface area contributed by atoms with Crippen LogP contribution in [0.3, 0.4) is 0 Å². The van der Waals surface area contributed by atoms with Gasteiger partial charge in [0.2, 0.25) is 10.0 Å². The second kappa shape index (κ2) is 6.29. The number of hydrogen-bond donors (Lipinski definition) is 2. The topological polar surface area (TPSA) is 107 Å². The van der Waals surface area contributed by atoms with Crippen molar-refractivity contribution in [2.75, 3.05) is 0 Å². The van der Waals surface area contributed by atoms with Gasteiger partial charge in [-0.25, -0.2) is 13.6 Å². The molecule has 1 amide bonds. The molecule has 1 aromatic carbocycles. The number of aryl methyl sites for hydroxylation is 1.